The van der Waals surface area contributed by atoms with Crippen LogP contribution >= 0.6 is 11.6 Å². The van der Waals surface area contributed by atoms with Crippen molar-refractivity contribution in [2.45, 2.75) is 13.8 Å². The lowest BCUT2D eigenvalue weighted by Gasteiger charge is -2.09. The van der Waals surface area contributed by atoms with Gasteiger partial charge in [-0.2, -0.15) is 5.26 Å². The summed E-state index contributed by atoms with van der Waals surface area (Å²) >= 11 is 5.52. The molecule has 1 aromatic carbocycles. The molecule has 0 atom stereocenters. The van der Waals surface area contributed by atoms with Crippen molar-refractivity contribution in [2.24, 2.45) is 0 Å². The van der Waals surface area contributed by atoms with Crippen molar-refractivity contribution < 1.29 is 9.18 Å². The molecule has 0 aliphatic carbocycles. The molecule has 3 nitrogen and oxygen atoms in total. The quantitative estimate of drug-likeness (QED) is 0.641. The first-order valence-electron chi connectivity index (χ1n) is 5.98. The van der Waals surface area contributed by atoms with Gasteiger partial charge < -0.3 is 4.57 Å². The molecule has 0 radical (unpaired) electrons. The van der Waals surface area contributed by atoms with Crippen LogP contribution in [0.25, 0.3) is 5.69 Å². The Labute approximate surface area is 121 Å². The summed E-state index contributed by atoms with van der Waals surface area (Å²) in [5.41, 5.74) is 2.11. The van der Waals surface area contributed by atoms with Crippen LogP contribution in [0.1, 0.15) is 27.3 Å². The molecule has 0 saturated carbocycles. The number of carbonyl (C=O) groups is 1. The molecule has 0 bridgehead atoms. The Morgan fingerprint density at radius 1 is 1.30 bits per heavy atom. The van der Waals surface area contributed by atoms with Crippen LogP contribution in [0.2, 0.25) is 0 Å². The number of Topliss-reactive ketones (excluding diaryl/α,β-unsaturated/α-hetero) is 1. The Bertz CT molecular complexity index is 711. The van der Waals surface area contributed by atoms with E-state index in [1.807, 2.05) is 6.07 Å². The normalized spacial score (nSPS) is 10.3. The summed E-state index contributed by atoms with van der Waals surface area (Å²) < 4.78 is 15.8. The van der Waals surface area contributed by atoms with Crippen LogP contribution in [0.5, 0.6) is 0 Å². The average molecular weight is 291 g/mol. The van der Waals surface area contributed by atoms with Gasteiger partial charge in [0.05, 0.1) is 28.8 Å². The highest BCUT2D eigenvalue weighted by atomic mass is 35.5. The van der Waals surface area contributed by atoms with E-state index >= 15 is 0 Å². The van der Waals surface area contributed by atoms with Gasteiger partial charge >= 0.3 is 0 Å². The summed E-state index contributed by atoms with van der Waals surface area (Å²) in [5.74, 6) is -1.23. The van der Waals surface area contributed by atoms with Gasteiger partial charge in [-0.15, -0.1) is 11.6 Å². The van der Waals surface area contributed by atoms with Gasteiger partial charge in [0.2, 0.25) is 0 Å². The molecule has 1 heterocycles. The van der Waals surface area contributed by atoms with Crippen molar-refractivity contribution in [2.75, 3.05) is 5.88 Å². The molecule has 0 saturated heterocycles. The van der Waals surface area contributed by atoms with Crippen LogP contribution in [0, 0.1) is 31.0 Å². The minimum Gasteiger partial charge on any atom is -0.315 e. The molecule has 1 aromatic heterocycles. The second-order valence-electron chi connectivity index (χ2n) is 4.41. The van der Waals surface area contributed by atoms with Gasteiger partial charge in [-0.3, -0.25) is 4.79 Å². The van der Waals surface area contributed by atoms with Gasteiger partial charge in [0, 0.05) is 11.4 Å². The first-order chi connectivity index (χ1) is 9.51. The summed E-state index contributed by atoms with van der Waals surface area (Å²) in [6, 6.07) is 8.75. The lowest BCUT2D eigenvalue weighted by molar-refractivity contribution is 0.101. The molecule has 0 amide bonds. The van der Waals surface area contributed by atoms with Crippen LogP contribution in [-0.4, -0.2) is 16.2 Å². The van der Waals surface area contributed by atoms with Gasteiger partial charge in [0.15, 0.2) is 11.6 Å². The Morgan fingerprint density at radius 2 is 1.90 bits per heavy atom. The maximum atomic E-state index is 14.2. The van der Waals surface area contributed by atoms with Crippen LogP contribution < -0.4 is 0 Å². The highest BCUT2D eigenvalue weighted by Gasteiger charge is 2.23. The zero-order valence-electron chi connectivity index (χ0n) is 11.1. The maximum absolute atomic E-state index is 14.2. The number of nitriles is 1. The molecule has 0 aliphatic heterocycles. The Kier molecular flexibility index (Phi) is 3.91. The molecule has 2 aromatic rings. The van der Waals surface area contributed by atoms with E-state index in [-0.39, 0.29) is 11.4 Å². The summed E-state index contributed by atoms with van der Waals surface area (Å²) in [7, 11) is 0. The van der Waals surface area contributed by atoms with E-state index in [0.717, 1.165) is 0 Å². The molecule has 0 spiro atoms. The second kappa shape index (κ2) is 5.48. The molecule has 0 aliphatic rings. The van der Waals surface area contributed by atoms with Crippen molar-refractivity contribution in [3.63, 3.8) is 0 Å². The smallest absolute Gasteiger partial charge is 0.182 e. The van der Waals surface area contributed by atoms with E-state index in [0.29, 0.717) is 22.6 Å². The van der Waals surface area contributed by atoms with Gasteiger partial charge in [0.1, 0.15) is 0 Å². The summed E-state index contributed by atoms with van der Waals surface area (Å²) in [4.78, 5) is 11.7. The van der Waals surface area contributed by atoms with Gasteiger partial charge in [-0.1, -0.05) is 0 Å². The number of aromatic nitrogens is 1. The minimum absolute atomic E-state index is 0.0295. The van der Waals surface area contributed by atoms with E-state index < -0.39 is 11.6 Å². The number of rotatable bonds is 3. The topological polar surface area (TPSA) is 45.8 Å². The first kappa shape index (κ1) is 14.3. The highest BCUT2D eigenvalue weighted by molar-refractivity contribution is 6.30. The average Bonchev–Trinajstić information content (AvgIpc) is 2.69. The van der Waals surface area contributed by atoms with E-state index in [1.54, 1.807) is 42.7 Å². The SMILES string of the molecule is Cc1c(F)c(C(=O)CCl)c(C)n1-c1ccc(C#N)cc1. The molecule has 0 unspecified atom stereocenters. The largest absolute Gasteiger partial charge is 0.315 e. The van der Waals surface area contributed by atoms with E-state index in [2.05, 4.69) is 0 Å². The number of alkyl halides is 1. The minimum atomic E-state index is -0.544. The molecule has 2 rings (SSSR count). The van der Waals surface area contributed by atoms with Crippen molar-refractivity contribution in [1.29, 1.82) is 5.26 Å². The van der Waals surface area contributed by atoms with Crippen molar-refractivity contribution >= 4 is 17.4 Å². The van der Waals surface area contributed by atoms with E-state index in [9.17, 15) is 9.18 Å². The molecule has 5 heteroatoms. The van der Waals surface area contributed by atoms with Crippen molar-refractivity contribution in [3.8, 4) is 11.8 Å². The summed E-state index contributed by atoms with van der Waals surface area (Å²) in [5, 5.41) is 8.79. The maximum Gasteiger partial charge on any atom is 0.182 e. The van der Waals surface area contributed by atoms with Crippen LogP contribution in [0.15, 0.2) is 24.3 Å². The number of ketones is 1. The summed E-state index contributed by atoms with van der Waals surface area (Å²) in [6.45, 7) is 3.28. The standard InChI is InChI=1S/C15H12ClFN2O/c1-9-14(13(20)7-16)15(17)10(2)19(9)12-5-3-11(8-18)4-6-12/h3-6H,7H2,1-2H3. The number of benzene rings is 1. The Balaban J connectivity index is 2.63. The van der Waals surface area contributed by atoms with Gasteiger partial charge in [-0.05, 0) is 38.1 Å². The van der Waals surface area contributed by atoms with Crippen molar-refractivity contribution in [3.05, 3.63) is 52.6 Å². The zero-order valence-corrected chi connectivity index (χ0v) is 11.8. The van der Waals surface area contributed by atoms with Crippen molar-refractivity contribution in [1.82, 2.24) is 4.57 Å². The van der Waals surface area contributed by atoms with E-state index in [4.69, 9.17) is 16.9 Å². The van der Waals surface area contributed by atoms with Gasteiger partial charge in [0.25, 0.3) is 0 Å². The third kappa shape index (κ3) is 2.21. The monoisotopic (exact) mass is 290 g/mol. The number of hydrogen-bond acceptors (Lipinski definition) is 2. The molecular weight excluding hydrogens is 279 g/mol. The zero-order chi connectivity index (χ0) is 14.9. The van der Waals surface area contributed by atoms with Gasteiger partial charge in [-0.25, -0.2) is 4.39 Å². The molecular formula is C15H12ClFN2O. The Morgan fingerprint density at radius 3 is 2.40 bits per heavy atom. The number of carbonyl (C=O) groups excluding carboxylic acids is 1. The van der Waals surface area contributed by atoms with Crippen LogP contribution in [0.4, 0.5) is 4.39 Å². The first-order valence-corrected chi connectivity index (χ1v) is 6.51. The fraction of sp³-hybridized carbons (Fsp3) is 0.200. The Hall–Kier alpha value is -2.12. The fourth-order valence-corrected chi connectivity index (χ4v) is 2.40. The number of halogens is 2. The second-order valence-corrected chi connectivity index (χ2v) is 4.68. The molecule has 102 valence electrons. The lowest BCUT2D eigenvalue weighted by atomic mass is 10.1. The third-order valence-electron chi connectivity index (χ3n) is 3.22. The highest BCUT2D eigenvalue weighted by Crippen LogP contribution is 2.25. The number of nitrogens with zero attached hydrogens (tertiary/aromatic N) is 2. The summed E-state index contributed by atoms with van der Waals surface area (Å²) in [6.07, 6.45) is 0. The fourth-order valence-electron chi connectivity index (χ4n) is 2.26. The van der Waals surface area contributed by atoms with E-state index in [1.165, 1.54) is 0 Å². The van der Waals surface area contributed by atoms with Crippen LogP contribution in [-0.2, 0) is 0 Å². The van der Waals surface area contributed by atoms with Crippen LogP contribution in [0.3, 0.4) is 0 Å². The predicted octanol–water partition coefficient (Wildman–Crippen LogP) is 3.53. The molecule has 20 heavy (non-hydrogen) atoms. The lowest BCUT2D eigenvalue weighted by Crippen LogP contribution is -2.05. The third-order valence-corrected chi connectivity index (χ3v) is 3.47. The predicted molar refractivity (Wildman–Crippen MR) is 75.0 cm³/mol. The number of hydrogen-bond donors (Lipinski definition) is 0. The molecule has 0 N–H and O–H groups in total. The molecule has 0 fully saturated rings.